The Labute approximate surface area is 191 Å². The fourth-order valence-corrected chi connectivity index (χ4v) is 9.45. The molecule has 0 spiro atoms. The predicted octanol–water partition coefficient (Wildman–Crippen LogP) is 8.24. The van der Waals surface area contributed by atoms with Crippen LogP contribution in [-0.2, 0) is 9.16 Å². The molecule has 5 heteroatoms. The van der Waals surface area contributed by atoms with Gasteiger partial charge < -0.3 is 9.16 Å². The molecule has 0 saturated heterocycles. The molecule has 1 aliphatic rings. The van der Waals surface area contributed by atoms with Crippen LogP contribution in [0.4, 0.5) is 10.5 Å². The highest BCUT2D eigenvalue weighted by Gasteiger charge is 2.39. The standard InChI is InChI=1S/C26H45NO3Si/c1-7-10-19-31(20-11-8-2,21-12-9-3)30-24-17-18-27(25(28)29-26(4,5)6)23-16-14-13-15-22(23)24/h13-16,24H,7-12,17-21H2,1-6H3/t24-/m0/s1. The fourth-order valence-electron chi connectivity index (χ4n) is 4.51. The molecule has 1 aliphatic heterocycles. The van der Waals surface area contributed by atoms with Crippen LogP contribution in [0.3, 0.4) is 0 Å². The summed E-state index contributed by atoms with van der Waals surface area (Å²) in [6, 6.07) is 12.1. The minimum Gasteiger partial charge on any atom is -0.443 e. The molecule has 0 unspecified atom stereocenters. The second-order valence-corrected chi connectivity index (χ2v) is 14.2. The molecule has 1 aromatic carbocycles. The first-order valence-corrected chi connectivity index (χ1v) is 15.1. The number of unbranched alkanes of at least 4 members (excludes halogenated alkanes) is 3. The summed E-state index contributed by atoms with van der Waals surface area (Å²) >= 11 is 0. The molecule has 31 heavy (non-hydrogen) atoms. The number of hydrogen-bond acceptors (Lipinski definition) is 3. The Hall–Kier alpha value is -1.33. The molecular weight excluding hydrogens is 402 g/mol. The van der Waals surface area contributed by atoms with Gasteiger partial charge in [0.2, 0.25) is 0 Å². The van der Waals surface area contributed by atoms with E-state index < -0.39 is 13.9 Å². The molecule has 0 aliphatic carbocycles. The molecule has 0 N–H and O–H groups in total. The van der Waals surface area contributed by atoms with Crippen molar-refractivity contribution in [3.63, 3.8) is 0 Å². The van der Waals surface area contributed by atoms with Crippen LogP contribution in [-0.4, -0.2) is 26.6 Å². The number of nitrogens with zero attached hydrogens (tertiary/aromatic N) is 1. The average molecular weight is 448 g/mol. The maximum absolute atomic E-state index is 12.9. The van der Waals surface area contributed by atoms with Crippen molar-refractivity contribution in [2.24, 2.45) is 0 Å². The van der Waals surface area contributed by atoms with Crippen LogP contribution in [0.25, 0.3) is 0 Å². The summed E-state index contributed by atoms with van der Waals surface area (Å²) in [6.07, 6.45) is 8.14. The molecule has 1 aromatic rings. The van der Waals surface area contributed by atoms with Gasteiger partial charge in [-0.25, -0.2) is 4.79 Å². The summed E-state index contributed by atoms with van der Waals surface area (Å²) in [5.74, 6) is 0. The minimum atomic E-state index is -1.84. The number of amides is 1. The van der Waals surface area contributed by atoms with E-state index in [9.17, 15) is 4.79 Å². The number of ether oxygens (including phenoxy) is 1. The lowest BCUT2D eigenvalue weighted by Gasteiger charge is -2.41. The van der Waals surface area contributed by atoms with Gasteiger partial charge in [0.05, 0.1) is 11.8 Å². The van der Waals surface area contributed by atoms with E-state index in [1.54, 1.807) is 4.90 Å². The first-order valence-electron chi connectivity index (χ1n) is 12.5. The van der Waals surface area contributed by atoms with Crippen molar-refractivity contribution in [2.45, 2.75) is 116 Å². The maximum atomic E-state index is 12.9. The van der Waals surface area contributed by atoms with Crippen molar-refractivity contribution in [2.75, 3.05) is 11.4 Å². The molecule has 1 atom stereocenters. The van der Waals surface area contributed by atoms with Gasteiger partial charge in [-0.3, -0.25) is 4.90 Å². The second kappa shape index (κ2) is 12.1. The van der Waals surface area contributed by atoms with Gasteiger partial charge in [0, 0.05) is 12.1 Å². The Bertz CT molecular complexity index is 664. The summed E-state index contributed by atoms with van der Waals surface area (Å²) in [6.45, 7) is 13.3. The van der Waals surface area contributed by atoms with Gasteiger partial charge >= 0.3 is 6.09 Å². The lowest BCUT2D eigenvalue weighted by atomic mass is 9.99. The number of carbonyl (C=O) groups excluding carboxylic acids is 1. The summed E-state index contributed by atoms with van der Waals surface area (Å²) in [5, 5.41) is 0. The number of anilines is 1. The number of benzene rings is 1. The van der Waals surface area contributed by atoms with Crippen molar-refractivity contribution in [1.29, 1.82) is 0 Å². The molecule has 0 saturated carbocycles. The molecule has 0 fully saturated rings. The zero-order valence-electron chi connectivity index (χ0n) is 20.8. The molecule has 0 bridgehead atoms. The van der Waals surface area contributed by atoms with Crippen molar-refractivity contribution in [1.82, 2.24) is 0 Å². The monoisotopic (exact) mass is 447 g/mol. The highest BCUT2D eigenvalue weighted by molar-refractivity contribution is 6.73. The molecule has 176 valence electrons. The van der Waals surface area contributed by atoms with Gasteiger partial charge in [-0.15, -0.1) is 0 Å². The molecule has 1 amide bonds. The van der Waals surface area contributed by atoms with Gasteiger partial charge in [0.25, 0.3) is 0 Å². The topological polar surface area (TPSA) is 38.8 Å². The molecule has 0 radical (unpaired) electrons. The summed E-state index contributed by atoms with van der Waals surface area (Å²) in [4.78, 5) is 14.7. The molecule has 1 heterocycles. The largest absolute Gasteiger partial charge is 0.443 e. The smallest absolute Gasteiger partial charge is 0.414 e. The number of hydrogen-bond donors (Lipinski definition) is 0. The quantitative estimate of drug-likeness (QED) is 0.321. The van der Waals surface area contributed by atoms with Crippen molar-refractivity contribution >= 4 is 20.1 Å². The van der Waals surface area contributed by atoms with Crippen LogP contribution in [0.2, 0.25) is 18.1 Å². The highest BCUT2D eigenvalue weighted by Crippen LogP contribution is 2.41. The predicted molar refractivity (Wildman–Crippen MR) is 133 cm³/mol. The normalized spacial score (nSPS) is 16.8. The van der Waals surface area contributed by atoms with E-state index in [0.29, 0.717) is 6.54 Å². The molecule has 4 nitrogen and oxygen atoms in total. The lowest BCUT2D eigenvalue weighted by Crippen LogP contribution is -2.44. The van der Waals surface area contributed by atoms with Crippen molar-refractivity contribution in [3.8, 4) is 0 Å². The van der Waals surface area contributed by atoms with Crippen molar-refractivity contribution in [3.05, 3.63) is 29.8 Å². The van der Waals surface area contributed by atoms with Gasteiger partial charge in [0.1, 0.15) is 5.60 Å². The zero-order valence-corrected chi connectivity index (χ0v) is 21.8. The van der Waals surface area contributed by atoms with Gasteiger partial charge in [0.15, 0.2) is 8.32 Å². The Morgan fingerprint density at radius 2 is 1.55 bits per heavy atom. The number of rotatable bonds is 11. The van der Waals surface area contributed by atoms with Crippen LogP contribution < -0.4 is 4.90 Å². The van der Waals surface area contributed by atoms with Crippen molar-refractivity contribution < 1.29 is 14.0 Å². The Kier molecular flexibility index (Phi) is 10.1. The first kappa shape index (κ1) is 25.9. The van der Waals surface area contributed by atoms with Crippen LogP contribution >= 0.6 is 0 Å². The molecular formula is C26H45NO3Si. The first-order chi connectivity index (χ1) is 14.7. The van der Waals surface area contributed by atoms with Gasteiger partial charge in [-0.05, 0) is 51.4 Å². The van der Waals surface area contributed by atoms with E-state index in [1.807, 2.05) is 32.9 Å². The minimum absolute atomic E-state index is 0.0899. The number of carbonyl (C=O) groups is 1. The second-order valence-electron chi connectivity index (χ2n) is 10.1. The van der Waals surface area contributed by atoms with Crippen LogP contribution in [0, 0.1) is 0 Å². The van der Waals surface area contributed by atoms with Gasteiger partial charge in [-0.1, -0.05) is 77.5 Å². The summed E-state index contributed by atoms with van der Waals surface area (Å²) in [7, 11) is -1.84. The van der Waals surface area contributed by atoms with E-state index in [1.165, 1.54) is 56.7 Å². The molecule has 0 aromatic heterocycles. The number of fused-ring (bicyclic) bond motifs is 1. The van der Waals surface area contributed by atoms with Gasteiger partial charge in [-0.2, -0.15) is 0 Å². The molecule has 2 rings (SSSR count). The van der Waals surface area contributed by atoms with Crippen LogP contribution in [0.1, 0.15) is 98.2 Å². The maximum Gasteiger partial charge on any atom is 0.414 e. The Morgan fingerprint density at radius 1 is 1.00 bits per heavy atom. The van der Waals surface area contributed by atoms with E-state index in [4.69, 9.17) is 9.16 Å². The number of para-hydroxylation sites is 1. The highest BCUT2D eigenvalue weighted by atomic mass is 28.4. The SMILES string of the molecule is CCCC[Si](CCCC)(CCCC)O[C@H]1CCN(C(=O)OC(C)(C)C)c2ccccc21. The third kappa shape index (κ3) is 7.64. The summed E-state index contributed by atoms with van der Waals surface area (Å²) in [5.41, 5.74) is 1.61. The van der Waals surface area contributed by atoms with E-state index in [0.717, 1.165) is 17.7 Å². The van der Waals surface area contributed by atoms with Crippen LogP contribution in [0.5, 0.6) is 0 Å². The zero-order chi connectivity index (χ0) is 22.9. The third-order valence-corrected chi connectivity index (χ3v) is 10.7. The Balaban J connectivity index is 2.30. The third-order valence-electron chi connectivity index (χ3n) is 6.15. The average Bonchev–Trinajstić information content (AvgIpc) is 2.73. The summed E-state index contributed by atoms with van der Waals surface area (Å²) < 4.78 is 12.9. The van der Waals surface area contributed by atoms with E-state index in [2.05, 4.69) is 32.9 Å². The fraction of sp³-hybridized carbons (Fsp3) is 0.731. The van der Waals surface area contributed by atoms with Crippen LogP contribution in [0.15, 0.2) is 24.3 Å². The van der Waals surface area contributed by atoms with E-state index >= 15 is 0 Å². The van der Waals surface area contributed by atoms with E-state index in [-0.39, 0.29) is 12.2 Å². The lowest BCUT2D eigenvalue weighted by molar-refractivity contribution is 0.0567. The Morgan fingerprint density at radius 3 is 2.06 bits per heavy atom.